The van der Waals surface area contributed by atoms with Crippen molar-refractivity contribution in [3.05, 3.63) is 47.2 Å². The molecule has 0 spiro atoms. The van der Waals surface area contributed by atoms with Crippen LogP contribution >= 0.6 is 20.4 Å². The first-order valence-electron chi connectivity index (χ1n) is 8.61. The zero-order valence-corrected chi connectivity index (χ0v) is 17.3. The molecule has 0 saturated carbocycles. The standard InChI is InChI=1S/C18H25N2O5PS/c1-3-10-24-26(23,25-11-4-2)20(13-15-8-6-5-7-9-15)17(14-27)16(12-19)18(21)22/h5-9,27H,3-4,10-11,13-14H2,1-2H3,(H,21,22)/b17-16+. The number of nitrogens with zero attached hydrogens (tertiary/aromatic N) is 2. The fourth-order valence-corrected chi connectivity index (χ4v) is 4.62. The van der Waals surface area contributed by atoms with Crippen molar-refractivity contribution in [2.45, 2.75) is 33.2 Å². The second-order valence-corrected chi connectivity index (χ2v) is 7.83. The maximum atomic E-state index is 13.6. The summed E-state index contributed by atoms with van der Waals surface area (Å²) in [4.78, 5) is 11.5. The topological polar surface area (TPSA) is 99.9 Å². The van der Waals surface area contributed by atoms with Crippen molar-refractivity contribution in [1.29, 1.82) is 5.26 Å². The predicted molar refractivity (Wildman–Crippen MR) is 106 cm³/mol. The molecule has 1 N–H and O–H groups in total. The van der Waals surface area contributed by atoms with E-state index in [1.165, 1.54) is 4.67 Å². The number of rotatable bonds is 12. The van der Waals surface area contributed by atoms with Gasteiger partial charge in [0.15, 0.2) is 5.57 Å². The van der Waals surface area contributed by atoms with Gasteiger partial charge in [-0.1, -0.05) is 44.2 Å². The Bertz CT molecular complexity index is 721. The van der Waals surface area contributed by atoms with E-state index in [4.69, 9.17) is 9.05 Å². The lowest BCUT2D eigenvalue weighted by Crippen LogP contribution is -2.26. The monoisotopic (exact) mass is 412 g/mol. The van der Waals surface area contributed by atoms with Crippen molar-refractivity contribution < 1.29 is 23.5 Å². The molecule has 0 bridgehead atoms. The summed E-state index contributed by atoms with van der Waals surface area (Å²) in [5.41, 5.74) is 0.217. The quantitative estimate of drug-likeness (QED) is 0.229. The van der Waals surface area contributed by atoms with Gasteiger partial charge >= 0.3 is 13.7 Å². The highest BCUT2D eigenvalue weighted by molar-refractivity contribution is 7.80. The molecule has 0 aliphatic carbocycles. The average molecular weight is 412 g/mol. The van der Waals surface area contributed by atoms with E-state index >= 15 is 0 Å². The fraction of sp³-hybridized carbons (Fsp3) is 0.444. The molecule has 0 heterocycles. The molecule has 1 rings (SSSR count). The second-order valence-electron chi connectivity index (χ2n) is 5.58. The van der Waals surface area contributed by atoms with Gasteiger partial charge in [-0.15, -0.1) is 0 Å². The molecule has 1 aromatic rings. The van der Waals surface area contributed by atoms with Crippen LogP contribution in [0.1, 0.15) is 32.3 Å². The fourth-order valence-electron chi connectivity index (χ4n) is 2.20. The molecule has 1 aromatic carbocycles. The normalized spacial score (nSPS) is 12.2. The minimum atomic E-state index is -3.90. The third-order valence-electron chi connectivity index (χ3n) is 3.46. The zero-order valence-electron chi connectivity index (χ0n) is 15.5. The molecule has 0 radical (unpaired) electrons. The van der Waals surface area contributed by atoms with Gasteiger partial charge < -0.3 is 5.11 Å². The van der Waals surface area contributed by atoms with E-state index in [-0.39, 0.29) is 31.2 Å². The minimum Gasteiger partial charge on any atom is -0.477 e. The zero-order chi connectivity index (χ0) is 20.3. The van der Waals surface area contributed by atoms with E-state index in [1.807, 2.05) is 32.0 Å². The van der Waals surface area contributed by atoms with Gasteiger partial charge in [-0.2, -0.15) is 17.9 Å². The summed E-state index contributed by atoms with van der Waals surface area (Å²) in [6.45, 7) is 4.11. The van der Waals surface area contributed by atoms with Crippen LogP contribution in [0.2, 0.25) is 0 Å². The van der Waals surface area contributed by atoms with Crippen LogP contribution in [0.4, 0.5) is 0 Å². The average Bonchev–Trinajstić information content (AvgIpc) is 2.67. The third kappa shape index (κ3) is 6.71. The van der Waals surface area contributed by atoms with Crippen molar-refractivity contribution in [2.24, 2.45) is 0 Å². The Balaban J connectivity index is 3.51. The van der Waals surface area contributed by atoms with Crippen LogP contribution in [-0.4, -0.2) is 34.7 Å². The van der Waals surface area contributed by atoms with E-state index in [1.54, 1.807) is 18.2 Å². The maximum absolute atomic E-state index is 13.6. The SMILES string of the molecule is CCCOP(=O)(OCCC)N(Cc1ccccc1)/C(CS)=C(\C#N)C(=O)O. The van der Waals surface area contributed by atoms with Crippen molar-refractivity contribution in [1.82, 2.24) is 4.67 Å². The van der Waals surface area contributed by atoms with Crippen LogP contribution in [0.3, 0.4) is 0 Å². The molecule has 0 aliphatic rings. The minimum absolute atomic E-state index is 0.00674. The molecule has 0 saturated heterocycles. The Morgan fingerprint density at radius 3 is 2.19 bits per heavy atom. The van der Waals surface area contributed by atoms with Crippen LogP contribution < -0.4 is 0 Å². The largest absolute Gasteiger partial charge is 0.477 e. The van der Waals surface area contributed by atoms with E-state index < -0.39 is 19.3 Å². The Morgan fingerprint density at radius 2 is 1.78 bits per heavy atom. The number of carboxylic acid groups (broad SMARTS) is 1. The molecule has 9 heteroatoms. The Hall–Kier alpha value is -1.78. The molecule has 0 fully saturated rings. The van der Waals surface area contributed by atoms with E-state index in [9.17, 15) is 19.7 Å². The number of thiol groups is 1. The third-order valence-corrected chi connectivity index (χ3v) is 5.76. The number of benzene rings is 1. The van der Waals surface area contributed by atoms with E-state index in [0.29, 0.717) is 12.8 Å². The second kappa shape index (κ2) is 11.8. The highest BCUT2D eigenvalue weighted by Gasteiger charge is 2.37. The highest BCUT2D eigenvalue weighted by atomic mass is 32.1. The van der Waals surface area contributed by atoms with Gasteiger partial charge in [-0.25, -0.2) is 9.36 Å². The molecule has 0 aromatic heterocycles. The van der Waals surface area contributed by atoms with Gasteiger partial charge in [-0.3, -0.25) is 13.7 Å². The Labute approximate surface area is 165 Å². The van der Waals surface area contributed by atoms with Crippen LogP contribution in [0, 0.1) is 11.3 Å². The summed E-state index contributed by atoms with van der Waals surface area (Å²) in [5, 5.41) is 18.7. The van der Waals surface area contributed by atoms with Crippen LogP contribution in [0.25, 0.3) is 0 Å². The number of carboxylic acids is 1. The lowest BCUT2D eigenvalue weighted by Gasteiger charge is -2.33. The van der Waals surface area contributed by atoms with Crippen molar-refractivity contribution >= 4 is 26.3 Å². The molecule has 7 nitrogen and oxygen atoms in total. The van der Waals surface area contributed by atoms with Gasteiger partial charge in [0.05, 0.1) is 25.5 Å². The molecular weight excluding hydrogens is 387 g/mol. The number of nitriles is 1. The molecule has 148 valence electrons. The number of hydrogen-bond acceptors (Lipinski definition) is 6. The summed E-state index contributed by atoms with van der Waals surface area (Å²) >= 11 is 4.18. The van der Waals surface area contributed by atoms with Gasteiger partial charge in [0, 0.05) is 5.75 Å². The lowest BCUT2D eigenvalue weighted by atomic mass is 10.2. The van der Waals surface area contributed by atoms with Crippen molar-refractivity contribution in [3.8, 4) is 6.07 Å². The molecule has 27 heavy (non-hydrogen) atoms. The van der Waals surface area contributed by atoms with Crippen LogP contribution in [0.5, 0.6) is 0 Å². The van der Waals surface area contributed by atoms with Crippen LogP contribution in [-0.2, 0) is 25.0 Å². The van der Waals surface area contributed by atoms with Gasteiger partial charge in [0.1, 0.15) is 6.07 Å². The molecule has 0 amide bonds. The number of aliphatic carboxylic acids is 1. The molecule has 0 unspecified atom stereocenters. The van der Waals surface area contributed by atoms with Crippen molar-refractivity contribution in [3.63, 3.8) is 0 Å². The number of carbonyl (C=O) groups is 1. The van der Waals surface area contributed by atoms with Gasteiger partial charge in [-0.05, 0) is 18.4 Å². The molecular formula is C18H25N2O5PS. The van der Waals surface area contributed by atoms with E-state index in [2.05, 4.69) is 12.6 Å². The summed E-state index contributed by atoms with van der Waals surface area (Å²) in [7, 11) is -3.90. The maximum Gasteiger partial charge on any atom is 0.435 e. The van der Waals surface area contributed by atoms with Crippen molar-refractivity contribution in [2.75, 3.05) is 19.0 Å². The summed E-state index contributed by atoms with van der Waals surface area (Å²) < 4.78 is 26.0. The first kappa shape index (κ1) is 23.3. The summed E-state index contributed by atoms with van der Waals surface area (Å²) in [5.74, 6) is -1.53. The Morgan fingerprint density at radius 1 is 1.22 bits per heavy atom. The Kier molecular flexibility index (Phi) is 10.2. The first-order valence-corrected chi connectivity index (χ1v) is 10.7. The first-order chi connectivity index (χ1) is 12.9. The summed E-state index contributed by atoms with van der Waals surface area (Å²) in [6.07, 6.45) is 1.20. The predicted octanol–water partition coefficient (Wildman–Crippen LogP) is 4.24. The summed E-state index contributed by atoms with van der Waals surface area (Å²) in [6, 6.07) is 10.7. The van der Waals surface area contributed by atoms with Crippen LogP contribution in [0.15, 0.2) is 41.6 Å². The van der Waals surface area contributed by atoms with Gasteiger partial charge in [0.2, 0.25) is 0 Å². The van der Waals surface area contributed by atoms with E-state index in [0.717, 1.165) is 5.56 Å². The number of hydrogen-bond donors (Lipinski definition) is 2. The molecule has 0 atom stereocenters. The molecule has 0 aliphatic heterocycles. The smallest absolute Gasteiger partial charge is 0.435 e. The highest BCUT2D eigenvalue weighted by Crippen LogP contribution is 2.55. The lowest BCUT2D eigenvalue weighted by molar-refractivity contribution is -0.132. The van der Waals surface area contributed by atoms with Gasteiger partial charge in [0.25, 0.3) is 0 Å².